The molecule has 1 heterocycles. The van der Waals surface area contributed by atoms with Gasteiger partial charge in [-0.3, -0.25) is 0 Å². The molecule has 1 fully saturated rings. The summed E-state index contributed by atoms with van der Waals surface area (Å²) in [5, 5.41) is 7.14. The summed E-state index contributed by atoms with van der Waals surface area (Å²) in [4.78, 5) is 0. The molecule has 0 bridgehead atoms. The van der Waals surface area contributed by atoms with E-state index >= 15 is 0 Å². The molecule has 0 saturated carbocycles. The number of hydrogen-bond acceptors (Lipinski definition) is 2. The molecule has 1 aliphatic rings. The summed E-state index contributed by atoms with van der Waals surface area (Å²) in [7, 11) is 0. The first kappa shape index (κ1) is 18.6. The highest BCUT2D eigenvalue weighted by Gasteiger charge is 2.31. The molecule has 0 unspecified atom stereocenters. The van der Waals surface area contributed by atoms with Gasteiger partial charge < -0.3 is 10.6 Å². The number of halogens is 4. The number of rotatable bonds is 5. The van der Waals surface area contributed by atoms with Crippen LogP contribution < -0.4 is 10.6 Å². The van der Waals surface area contributed by atoms with Crippen LogP contribution in [0.5, 0.6) is 0 Å². The predicted octanol–water partition coefficient (Wildman–Crippen LogP) is 4.76. The molecule has 1 aliphatic heterocycles. The Kier molecular flexibility index (Phi) is 6.34. The topological polar surface area (TPSA) is 24.1 Å². The quantitative estimate of drug-likeness (QED) is 0.801. The van der Waals surface area contributed by atoms with Crippen molar-refractivity contribution in [2.75, 3.05) is 0 Å². The average molecular weight is 349 g/mol. The third-order valence-corrected chi connectivity index (χ3v) is 4.69. The minimum absolute atomic E-state index is 0.125. The zero-order valence-corrected chi connectivity index (χ0v) is 14.3. The Balaban J connectivity index is 2.01. The molecule has 6 heteroatoms. The summed E-state index contributed by atoms with van der Waals surface area (Å²) in [5.74, 6) is 0. The van der Waals surface area contributed by atoms with E-state index in [-0.39, 0.29) is 5.02 Å². The maximum Gasteiger partial charge on any atom is 0.416 e. The summed E-state index contributed by atoms with van der Waals surface area (Å²) in [6, 6.07) is 5.00. The van der Waals surface area contributed by atoms with Crippen molar-refractivity contribution in [1.82, 2.24) is 10.6 Å². The van der Waals surface area contributed by atoms with E-state index in [9.17, 15) is 13.2 Å². The highest BCUT2D eigenvalue weighted by atomic mass is 35.5. The molecule has 130 valence electrons. The van der Waals surface area contributed by atoms with E-state index in [0.29, 0.717) is 30.2 Å². The van der Waals surface area contributed by atoms with Crippen molar-refractivity contribution in [2.45, 2.75) is 70.4 Å². The first-order chi connectivity index (χ1) is 10.8. The lowest BCUT2D eigenvalue weighted by molar-refractivity contribution is -0.137. The zero-order valence-electron chi connectivity index (χ0n) is 13.5. The van der Waals surface area contributed by atoms with Crippen molar-refractivity contribution < 1.29 is 13.2 Å². The SMILES string of the molecule is CC[C@@H]1C[C@H](NCc2cc(Cl)cc(C(F)(F)F)c2)C[C@H](CC)N1. The van der Waals surface area contributed by atoms with Gasteiger partial charge in [0.2, 0.25) is 0 Å². The number of hydrogen-bond donors (Lipinski definition) is 2. The van der Waals surface area contributed by atoms with Gasteiger partial charge in [0.1, 0.15) is 0 Å². The van der Waals surface area contributed by atoms with Gasteiger partial charge in [-0.05, 0) is 49.4 Å². The fraction of sp³-hybridized carbons (Fsp3) is 0.647. The minimum Gasteiger partial charge on any atom is -0.311 e. The molecule has 1 aromatic rings. The van der Waals surface area contributed by atoms with Gasteiger partial charge in [0.05, 0.1) is 5.56 Å². The highest BCUT2D eigenvalue weighted by molar-refractivity contribution is 6.30. The third kappa shape index (κ3) is 5.37. The summed E-state index contributed by atoms with van der Waals surface area (Å²) in [5.41, 5.74) is -0.116. The maximum absolute atomic E-state index is 12.8. The molecule has 2 N–H and O–H groups in total. The normalized spacial score (nSPS) is 25.6. The van der Waals surface area contributed by atoms with Crippen LogP contribution in [0.15, 0.2) is 18.2 Å². The van der Waals surface area contributed by atoms with E-state index in [1.165, 1.54) is 6.07 Å². The van der Waals surface area contributed by atoms with Gasteiger partial charge in [-0.15, -0.1) is 0 Å². The summed E-state index contributed by atoms with van der Waals surface area (Å²) in [6.07, 6.45) is -0.247. The monoisotopic (exact) mass is 348 g/mol. The number of benzene rings is 1. The lowest BCUT2D eigenvalue weighted by atomic mass is 9.91. The van der Waals surface area contributed by atoms with Gasteiger partial charge in [-0.25, -0.2) is 0 Å². The third-order valence-electron chi connectivity index (χ3n) is 4.47. The lowest BCUT2D eigenvalue weighted by Gasteiger charge is -2.36. The second-order valence-corrected chi connectivity index (χ2v) is 6.71. The molecule has 1 saturated heterocycles. The summed E-state index contributed by atoms with van der Waals surface area (Å²) < 4.78 is 38.5. The van der Waals surface area contributed by atoms with E-state index < -0.39 is 11.7 Å². The van der Waals surface area contributed by atoms with Crippen LogP contribution in [-0.4, -0.2) is 18.1 Å². The Morgan fingerprint density at radius 1 is 1.13 bits per heavy atom. The van der Waals surface area contributed by atoms with Gasteiger partial charge in [0, 0.05) is 29.7 Å². The van der Waals surface area contributed by atoms with Crippen LogP contribution in [0.2, 0.25) is 5.02 Å². The standard InChI is InChI=1S/C17H24ClF3N2/c1-3-14-8-16(9-15(4-2)23-14)22-10-11-5-12(17(19,20)21)7-13(18)6-11/h5-7,14-16,22-23H,3-4,8-10H2,1-2H3/t14-,15+,16+. The van der Waals surface area contributed by atoms with Gasteiger partial charge in [0.15, 0.2) is 0 Å². The number of piperidine rings is 1. The van der Waals surface area contributed by atoms with E-state index in [4.69, 9.17) is 11.6 Å². The Morgan fingerprint density at radius 2 is 1.74 bits per heavy atom. The smallest absolute Gasteiger partial charge is 0.311 e. The van der Waals surface area contributed by atoms with Gasteiger partial charge in [-0.1, -0.05) is 25.4 Å². The van der Waals surface area contributed by atoms with Gasteiger partial charge >= 0.3 is 6.18 Å². The number of alkyl halides is 3. The fourth-order valence-electron chi connectivity index (χ4n) is 3.17. The Morgan fingerprint density at radius 3 is 2.26 bits per heavy atom. The second-order valence-electron chi connectivity index (χ2n) is 6.27. The van der Waals surface area contributed by atoms with E-state index in [1.54, 1.807) is 6.07 Å². The molecule has 2 nitrogen and oxygen atoms in total. The molecular formula is C17H24ClF3N2. The molecule has 1 aromatic carbocycles. The Bertz CT molecular complexity index is 507. The molecule has 3 atom stereocenters. The largest absolute Gasteiger partial charge is 0.416 e. The van der Waals surface area contributed by atoms with Crippen LogP contribution in [0.3, 0.4) is 0 Å². The van der Waals surface area contributed by atoms with Crippen LogP contribution in [0.4, 0.5) is 13.2 Å². The lowest BCUT2D eigenvalue weighted by Crippen LogP contribution is -2.50. The van der Waals surface area contributed by atoms with Crippen molar-refractivity contribution >= 4 is 11.6 Å². The first-order valence-corrected chi connectivity index (χ1v) is 8.55. The van der Waals surface area contributed by atoms with Crippen molar-refractivity contribution in [1.29, 1.82) is 0 Å². The van der Waals surface area contributed by atoms with Crippen LogP contribution in [-0.2, 0) is 12.7 Å². The minimum atomic E-state index is -4.37. The Hall–Kier alpha value is -0.780. The summed E-state index contributed by atoms with van der Waals surface area (Å²) in [6.45, 7) is 4.71. The second kappa shape index (κ2) is 7.86. The molecule has 2 rings (SSSR count). The van der Waals surface area contributed by atoms with Gasteiger partial charge in [-0.2, -0.15) is 13.2 Å². The van der Waals surface area contributed by atoms with Gasteiger partial charge in [0.25, 0.3) is 0 Å². The highest BCUT2D eigenvalue weighted by Crippen LogP contribution is 2.32. The van der Waals surface area contributed by atoms with E-state index in [1.807, 2.05) is 0 Å². The molecular weight excluding hydrogens is 325 g/mol. The fourth-order valence-corrected chi connectivity index (χ4v) is 3.42. The molecule has 0 spiro atoms. The van der Waals surface area contributed by atoms with E-state index in [2.05, 4.69) is 24.5 Å². The van der Waals surface area contributed by atoms with Crippen molar-refractivity contribution in [3.63, 3.8) is 0 Å². The summed E-state index contributed by atoms with van der Waals surface area (Å²) >= 11 is 5.83. The molecule has 0 aromatic heterocycles. The van der Waals surface area contributed by atoms with Crippen molar-refractivity contribution in [3.8, 4) is 0 Å². The predicted molar refractivity (Wildman–Crippen MR) is 87.6 cm³/mol. The van der Waals surface area contributed by atoms with E-state index in [0.717, 1.165) is 31.7 Å². The van der Waals surface area contributed by atoms with Crippen LogP contribution in [0, 0.1) is 0 Å². The molecule has 0 amide bonds. The number of nitrogens with one attached hydrogen (secondary N) is 2. The molecule has 0 aliphatic carbocycles. The molecule has 23 heavy (non-hydrogen) atoms. The maximum atomic E-state index is 12.8. The first-order valence-electron chi connectivity index (χ1n) is 8.17. The Labute approximate surface area is 140 Å². The van der Waals surface area contributed by atoms with Crippen molar-refractivity contribution in [3.05, 3.63) is 34.3 Å². The van der Waals surface area contributed by atoms with Crippen LogP contribution in [0.1, 0.15) is 50.7 Å². The molecule has 0 radical (unpaired) electrons. The zero-order chi connectivity index (χ0) is 17.0. The van der Waals surface area contributed by atoms with Crippen molar-refractivity contribution in [2.24, 2.45) is 0 Å². The van der Waals surface area contributed by atoms with Crippen LogP contribution in [0.25, 0.3) is 0 Å². The average Bonchev–Trinajstić information content (AvgIpc) is 2.51. The van der Waals surface area contributed by atoms with Crippen LogP contribution >= 0.6 is 11.6 Å².